The molecule has 1 aromatic heterocycles. The Morgan fingerprint density at radius 2 is 2.08 bits per heavy atom. The number of nitrogens with zero attached hydrogens (tertiary/aromatic N) is 2. The van der Waals surface area contributed by atoms with Gasteiger partial charge in [0.05, 0.1) is 6.20 Å². The van der Waals surface area contributed by atoms with E-state index in [4.69, 9.17) is 28.6 Å². The van der Waals surface area contributed by atoms with Crippen LogP contribution in [-0.4, -0.2) is 34.8 Å². The van der Waals surface area contributed by atoms with Crippen LogP contribution in [-0.2, 0) is 10.2 Å². The van der Waals surface area contributed by atoms with Crippen molar-refractivity contribution in [3.8, 4) is 0 Å². The van der Waals surface area contributed by atoms with Crippen LogP contribution in [0.2, 0.25) is 5.02 Å². The van der Waals surface area contributed by atoms with Crippen LogP contribution in [0.15, 0.2) is 39.7 Å². The second kappa shape index (κ2) is 8.93. The Kier molecular flexibility index (Phi) is 6.85. The Hall–Kier alpha value is -0.800. The van der Waals surface area contributed by atoms with E-state index < -0.39 is 0 Å². The fourth-order valence-electron chi connectivity index (χ4n) is 2.98. The van der Waals surface area contributed by atoms with Gasteiger partial charge in [-0.25, -0.2) is 9.97 Å². The number of ether oxygens (including phenoxy) is 1. The number of hydrogen-bond donors (Lipinski definition) is 2. The van der Waals surface area contributed by atoms with Gasteiger partial charge in [-0.2, -0.15) is 0 Å². The van der Waals surface area contributed by atoms with Gasteiger partial charge in [0.2, 0.25) is 0 Å². The van der Waals surface area contributed by atoms with E-state index in [1.807, 2.05) is 18.2 Å². The number of rotatable bonds is 4. The first-order valence-electron chi connectivity index (χ1n) is 8.05. The Labute approximate surface area is 179 Å². The molecule has 1 fully saturated rings. The number of thiocarbonyl (C=S) groups is 1. The fraction of sp³-hybridized carbons (Fsp3) is 0.353. The largest absolute Gasteiger partial charge is 0.381 e. The van der Waals surface area contributed by atoms with Crippen LogP contribution in [0.25, 0.3) is 0 Å². The summed E-state index contributed by atoms with van der Waals surface area (Å²) in [6, 6.07) is 8.02. The topological polar surface area (TPSA) is 59.1 Å². The van der Waals surface area contributed by atoms with Gasteiger partial charge >= 0.3 is 0 Å². The summed E-state index contributed by atoms with van der Waals surface area (Å²) in [5, 5.41) is 7.64. The molecule has 0 radical (unpaired) electrons. The molecule has 2 N–H and O–H groups in total. The number of benzene rings is 1. The summed E-state index contributed by atoms with van der Waals surface area (Å²) in [6.07, 6.45) is 3.43. The minimum absolute atomic E-state index is 0.0719. The monoisotopic (exact) mass is 518 g/mol. The zero-order valence-corrected chi connectivity index (χ0v) is 18.5. The maximum Gasteiger partial charge on any atom is 0.172 e. The first-order valence-corrected chi connectivity index (χ1v) is 10.4. The van der Waals surface area contributed by atoms with Crippen LogP contribution in [0.3, 0.4) is 0 Å². The smallest absolute Gasteiger partial charge is 0.172 e. The van der Waals surface area contributed by atoms with E-state index in [-0.39, 0.29) is 5.41 Å². The molecule has 1 saturated heterocycles. The molecule has 1 aliphatic rings. The van der Waals surface area contributed by atoms with Gasteiger partial charge in [-0.3, -0.25) is 0 Å². The van der Waals surface area contributed by atoms with Gasteiger partial charge in [-0.05, 0) is 74.6 Å². The number of nitrogens with one attached hydrogen (secondary N) is 2. The van der Waals surface area contributed by atoms with Crippen LogP contribution < -0.4 is 10.6 Å². The van der Waals surface area contributed by atoms with Crippen molar-refractivity contribution in [3.63, 3.8) is 0 Å². The number of halogens is 3. The second-order valence-corrected chi connectivity index (χ2v) is 8.45. The molecule has 26 heavy (non-hydrogen) atoms. The molecule has 1 aliphatic heterocycles. The second-order valence-electron chi connectivity index (χ2n) is 6.04. The van der Waals surface area contributed by atoms with Gasteiger partial charge in [-0.15, -0.1) is 0 Å². The summed E-state index contributed by atoms with van der Waals surface area (Å²) in [7, 11) is 0. The van der Waals surface area contributed by atoms with E-state index >= 15 is 0 Å². The lowest BCUT2D eigenvalue weighted by molar-refractivity contribution is 0.0515. The van der Waals surface area contributed by atoms with Crippen LogP contribution in [0, 0.1) is 0 Å². The molecule has 0 unspecified atom stereocenters. The van der Waals surface area contributed by atoms with Gasteiger partial charge in [0.25, 0.3) is 0 Å². The predicted molar refractivity (Wildman–Crippen MR) is 115 cm³/mol. The third kappa shape index (κ3) is 4.92. The minimum Gasteiger partial charge on any atom is -0.381 e. The quantitative estimate of drug-likeness (QED) is 0.571. The lowest BCUT2D eigenvalue weighted by Crippen LogP contribution is -2.45. The molecule has 5 nitrogen and oxygen atoms in total. The van der Waals surface area contributed by atoms with Crippen molar-refractivity contribution < 1.29 is 4.74 Å². The van der Waals surface area contributed by atoms with Crippen molar-refractivity contribution in [1.82, 2.24) is 15.3 Å². The first-order chi connectivity index (χ1) is 12.5. The molecule has 0 atom stereocenters. The summed E-state index contributed by atoms with van der Waals surface area (Å²) in [5.74, 6) is 0.564. The molecule has 0 spiro atoms. The van der Waals surface area contributed by atoms with E-state index in [0.29, 0.717) is 26.7 Å². The Morgan fingerprint density at radius 3 is 2.77 bits per heavy atom. The highest BCUT2D eigenvalue weighted by molar-refractivity contribution is 9.11. The van der Waals surface area contributed by atoms with Crippen molar-refractivity contribution in [1.29, 1.82) is 0 Å². The van der Waals surface area contributed by atoms with Crippen molar-refractivity contribution in [2.75, 3.05) is 25.1 Å². The summed E-state index contributed by atoms with van der Waals surface area (Å²) >= 11 is 18.3. The molecular formula is C17H17Br2ClN4OS. The zero-order valence-electron chi connectivity index (χ0n) is 13.8. The molecule has 0 amide bonds. The van der Waals surface area contributed by atoms with Crippen LogP contribution in [0.1, 0.15) is 18.4 Å². The molecule has 0 bridgehead atoms. The van der Waals surface area contributed by atoms with Crippen LogP contribution in [0.5, 0.6) is 0 Å². The highest BCUT2D eigenvalue weighted by atomic mass is 79.9. The molecule has 9 heteroatoms. The van der Waals surface area contributed by atoms with E-state index in [2.05, 4.69) is 58.5 Å². The lowest BCUT2D eigenvalue weighted by atomic mass is 9.74. The molecule has 3 rings (SSSR count). The van der Waals surface area contributed by atoms with Gasteiger partial charge in [-0.1, -0.05) is 23.7 Å². The maximum absolute atomic E-state index is 6.21. The normalized spacial score (nSPS) is 16.1. The maximum atomic E-state index is 6.21. The Bertz CT molecular complexity index is 802. The molecule has 2 heterocycles. The summed E-state index contributed by atoms with van der Waals surface area (Å²) in [5.41, 5.74) is 1.13. The molecular weight excluding hydrogens is 504 g/mol. The highest BCUT2D eigenvalue weighted by Gasteiger charge is 2.34. The van der Waals surface area contributed by atoms with Gasteiger partial charge in [0.15, 0.2) is 10.9 Å². The molecule has 2 aromatic rings. The van der Waals surface area contributed by atoms with E-state index in [0.717, 1.165) is 31.1 Å². The zero-order chi connectivity index (χ0) is 18.6. The average molecular weight is 521 g/mol. The van der Waals surface area contributed by atoms with Gasteiger partial charge in [0, 0.05) is 30.2 Å². The predicted octanol–water partition coefficient (Wildman–Crippen LogP) is 4.69. The van der Waals surface area contributed by atoms with E-state index in [9.17, 15) is 0 Å². The SMILES string of the molecule is S=C(NCC1(c2cccc(Cl)c2)CCOCC1)Nc1ncc(Br)nc1Br. The van der Waals surface area contributed by atoms with Crippen molar-refractivity contribution >= 4 is 66.6 Å². The van der Waals surface area contributed by atoms with E-state index in [1.54, 1.807) is 6.20 Å². The Morgan fingerprint density at radius 1 is 1.31 bits per heavy atom. The van der Waals surface area contributed by atoms with Crippen LogP contribution >= 0.6 is 55.7 Å². The van der Waals surface area contributed by atoms with Crippen molar-refractivity contribution in [3.05, 3.63) is 50.3 Å². The average Bonchev–Trinajstić information content (AvgIpc) is 2.63. The third-order valence-corrected chi connectivity index (χ3v) is 5.82. The van der Waals surface area contributed by atoms with Crippen molar-refractivity contribution in [2.45, 2.75) is 18.3 Å². The molecule has 138 valence electrons. The lowest BCUT2D eigenvalue weighted by Gasteiger charge is -2.38. The van der Waals surface area contributed by atoms with Crippen LogP contribution in [0.4, 0.5) is 5.82 Å². The Balaban J connectivity index is 1.70. The number of aromatic nitrogens is 2. The number of hydrogen-bond acceptors (Lipinski definition) is 4. The molecule has 1 aromatic carbocycles. The summed E-state index contributed by atoms with van der Waals surface area (Å²) in [6.45, 7) is 2.13. The standard InChI is InChI=1S/C17H17Br2ClN4OS/c18-13-9-21-15(14(19)23-13)24-16(26)22-10-17(4-6-25-7-5-17)11-2-1-3-12(20)8-11/h1-3,8-9H,4-7,10H2,(H2,21,22,24,26). The first kappa shape index (κ1) is 19.9. The van der Waals surface area contributed by atoms with E-state index in [1.165, 1.54) is 5.56 Å². The van der Waals surface area contributed by atoms with Gasteiger partial charge in [0.1, 0.15) is 9.21 Å². The van der Waals surface area contributed by atoms with Gasteiger partial charge < -0.3 is 15.4 Å². The summed E-state index contributed by atoms with van der Waals surface area (Å²) < 4.78 is 6.81. The molecule has 0 aliphatic carbocycles. The van der Waals surface area contributed by atoms with Crippen molar-refractivity contribution in [2.24, 2.45) is 0 Å². The third-order valence-electron chi connectivity index (χ3n) is 4.41. The summed E-state index contributed by atoms with van der Waals surface area (Å²) in [4.78, 5) is 8.50. The fourth-order valence-corrected chi connectivity index (χ4v) is 4.25. The molecule has 0 saturated carbocycles. The minimum atomic E-state index is -0.0719. The highest BCUT2D eigenvalue weighted by Crippen LogP contribution is 2.35. The number of anilines is 1.